The quantitative estimate of drug-likeness (QED) is 0.247. The number of cyclic esters (lactones) is 1. The summed E-state index contributed by atoms with van der Waals surface area (Å²) in [6, 6.07) is 10.1. The Labute approximate surface area is 365 Å². The van der Waals surface area contributed by atoms with E-state index in [1.807, 2.05) is 43.3 Å². The van der Waals surface area contributed by atoms with Gasteiger partial charge in [0.25, 0.3) is 5.91 Å². The van der Waals surface area contributed by atoms with Gasteiger partial charge in [0.1, 0.15) is 47.8 Å². The molecule has 1 unspecified atom stereocenters. The zero-order chi connectivity index (χ0) is 45.5. The van der Waals surface area contributed by atoms with Crippen LogP contribution in [0.3, 0.4) is 0 Å². The van der Waals surface area contributed by atoms with Crippen LogP contribution in [0.4, 0.5) is 5.69 Å². The molecule has 6 rings (SSSR count). The molecule has 3 aromatic rings. The molecule has 4 N–H and O–H groups in total. The van der Waals surface area contributed by atoms with Crippen LogP contribution in [0.5, 0.6) is 5.75 Å². The molecular formula is C45H54N8O10. The summed E-state index contributed by atoms with van der Waals surface area (Å²) in [5.41, 5.74) is 1.45. The number of anilines is 1. The number of hydrogen-bond acceptors (Lipinski definition) is 12. The highest BCUT2D eigenvalue weighted by atomic mass is 16.5. The third kappa shape index (κ3) is 10.3. The Morgan fingerprint density at radius 1 is 0.873 bits per heavy atom. The molecule has 0 bridgehead atoms. The second kappa shape index (κ2) is 19.9. The minimum atomic E-state index is -1.68. The van der Waals surface area contributed by atoms with Gasteiger partial charge in [-0.1, -0.05) is 49.4 Å². The van der Waals surface area contributed by atoms with Crippen LogP contribution >= 0.6 is 0 Å². The molecule has 0 spiro atoms. The number of benzene rings is 2. The van der Waals surface area contributed by atoms with E-state index in [1.54, 1.807) is 37.3 Å². The van der Waals surface area contributed by atoms with E-state index in [4.69, 9.17) is 4.74 Å². The van der Waals surface area contributed by atoms with Gasteiger partial charge in [0, 0.05) is 65.4 Å². The number of esters is 1. The first kappa shape index (κ1) is 45.7. The number of fused-ring (bicyclic) bond motifs is 2. The lowest BCUT2D eigenvalue weighted by Crippen LogP contribution is -2.61. The standard InChI is InChI=1S/C45H54N8O10/c1-6-31-42(59)52-22-11-14-32(52)43(60)51(5)34(24-27-16-18-29(19-17-27)50(3)4)44(61)53-23-20-30(54)25-33(53)39(56)49-37(28-12-8-7-9-13-28)45(62)63-26(2)36(40(57)47-31)48-41(58)38-35(55)15-10-21-46-38/h7-10,12-13,15-19,21,26,31-34,36-37,55H,6,11,14,20,22-25H2,1-5H3,(H,47,57)(H,48,58)(H,49,56)/t26?,31-,32+,33+,34+,36+,37+/m1/s1. The molecule has 3 aliphatic rings. The molecule has 0 saturated carbocycles. The monoisotopic (exact) mass is 866 g/mol. The normalized spacial score (nSPS) is 25.4. The molecule has 1 aromatic heterocycles. The van der Waals surface area contributed by atoms with E-state index in [1.165, 1.54) is 47.0 Å². The molecule has 0 radical (unpaired) electrons. The van der Waals surface area contributed by atoms with Gasteiger partial charge in [0.2, 0.25) is 29.5 Å². The summed E-state index contributed by atoms with van der Waals surface area (Å²) < 4.78 is 5.85. The number of Topliss-reactive ketones (excluding diaryl/α,β-unsaturated/α-hetero) is 1. The number of nitrogens with one attached hydrogen (secondary N) is 3. The molecule has 18 nitrogen and oxygen atoms in total. The summed E-state index contributed by atoms with van der Waals surface area (Å²) in [6.45, 7) is 3.02. The van der Waals surface area contributed by atoms with E-state index in [2.05, 4.69) is 20.9 Å². The topological polar surface area (TPSA) is 228 Å². The zero-order valence-electron chi connectivity index (χ0n) is 36.0. The minimum Gasteiger partial charge on any atom is -0.505 e. The van der Waals surface area contributed by atoms with Crippen molar-refractivity contribution in [3.05, 3.63) is 89.7 Å². The van der Waals surface area contributed by atoms with Crippen molar-refractivity contribution in [3.63, 3.8) is 0 Å². The SMILES string of the molecule is CC[C@H]1NC(=O)[C@@H](NC(=O)c2ncccc2O)C(C)OC(=O)[C@H](c2ccccc2)NC(=O)[C@@H]2CC(=O)CCN2C(=O)[C@H](Cc2ccc(N(C)C)cc2)N(C)C(=O)[C@@H]2CCCN2C1=O. The third-order valence-corrected chi connectivity index (χ3v) is 11.8. The van der Waals surface area contributed by atoms with Crippen LogP contribution in [0.25, 0.3) is 0 Å². The fourth-order valence-electron chi connectivity index (χ4n) is 8.20. The summed E-state index contributed by atoms with van der Waals surface area (Å²) >= 11 is 0. The maximum Gasteiger partial charge on any atom is 0.333 e. The van der Waals surface area contributed by atoms with Crippen molar-refractivity contribution < 1.29 is 48.2 Å². The van der Waals surface area contributed by atoms with Gasteiger partial charge in [0.05, 0.1) is 0 Å². The number of amides is 6. The largest absolute Gasteiger partial charge is 0.505 e. The van der Waals surface area contributed by atoms with E-state index in [9.17, 15) is 43.5 Å². The maximum atomic E-state index is 15.0. The van der Waals surface area contributed by atoms with Gasteiger partial charge in [0.15, 0.2) is 11.7 Å². The van der Waals surface area contributed by atoms with Crippen molar-refractivity contribution in [2.24, 2.45) is 0 Å². The predicted octanol–water partition coefficient (Wildman–Crippen LogP) is 1.27. The Bertz CT molecular complexity index is 2220. The zero-order valence-corrected chi connectivity index (χ0v) is 36.0. The molecule has 3 fully saturated rings. The van der Waals surface area contributed by atoms with Gasteiger partial charge in [-0.05, 0) is 61.6 Å². The van der Waals surface area contributed by atoms with Gasteiger partial charge in [-0.2, -0.15) is 0 Å². The molecule has 6 amide bonds. The highest BCUT2D eigenvalue weighted by Crippen LogP contribution is 2.27. The molecular weight excluding hydrogens is 813 g/mol. The van der Waals surface area contributed by atoms with Crippen LogP contribution in [0, 0.1) is 0 Å². The van der Waals surface area contributed by atoms with Crippen molar-refractivity contribution in [1.82, 2.24) is 35.6 Å². The average Bonchev–Trinajstić information content (AvgIpc) is 3.77. The molecule has 18 heteroatoms. The molecule has 63 heavy (non-hydrogen) atoms. The summed E-state index contributed by atoms with van der Waals surface area (Å²) in [4.78, 5) is 123. The Hall–Kier alpha value is -6.85. The lowest BCUT2D eigenvalue weighted by Gasteiger charge is -2.40. The Balaban J connectivity index is 1.44. The number of ketones is 1. The number of ether oxygens (including phenoxy) is 1. The third-order valence-electron chi connectivity index (χ3n) is 11.8. The van der Waals surface area contributed by atoms with Crippen LogP contribution < -0.4 is 20.9 Å². The molecule has 3 saturated heterocycles. The minimum absolute atomic E-state index is 0.0299. The van der Waals surface area contributed by atoms with Gasteiger partial charge >= 0.3 is 5.97 Å². The smallest absolute Gasteiger partial charge is 0.333 e. The number of carbonyl (C=O) groups excluding carboxylic acids is 8. The molecule has 7 atom stereocenters. The number of hydrogen-bond donors (Lipinski definition) is 4. The summed E-state index contributed by atoms with van der Waals surface area (Å²) in [6.07, 6.45) is 0.175. The highest BCUT2D eigenvalue weighted by Gasteiger charge is 2.45. The van der Waals surface area contributed by atoms with E-state index in [-0.39, 0.29) is 56.5 Å². The first-order valence-electron chi connectivity index (χ1n) is 21.1. The number of pyridine rings is 1. The molecule has 334 valence electrons. The fourth-order valence-corrected chi connectivity index (χ4v) is 8.20. The summed E-state index contributed by atoms with van der Waals surface area (Å²) in [5, 5.41) is 18.2. The van der Waals surface area contributed by atoms with Crippen molar-refractivity contribution in [1.29, 1.82) is 0 Å². The number of aromatic nitrogens is 1. The first-order chi connectivity index (χ1) is 30.1. The van der Waals surface area contributed by atoms with Crippen molar-refractivity contribution in [3.8, 4) is 5.75 Å². The second-order valence-corrected chi connectivity index (χ2v) is 16.2. The van der Waals surface area contributed by atoms with E-state index in [0.29, 0.717) is 12.0 Å². The Kier molecular flexibility index (Phi) is 14.4. The van der Waals surface area contributed by atoms with E-state index < -0.39 is 95.2 Å². The average molecular weight is 867 g/mol. The van der Waals surface area contributed by atoms with Crippen molar-refractivity contribution in [2.75, 3.05) is 39.1 Å². The first-order valence-corrected chi connectivity index (χ1v) is 21.1. The van der Waals surface area contributed by atoms with Gasteiger partial charge in [-0.3, -0.25) is 33.6 Å². The Morgan fingerprint density at radius 3 is 2.24 bits per heavy atom. The maximum absolute atomic E-state index is 15.0. The van der Waals surface area contributed by atoms with Crippen LogP contribution in [0.15, 0.2) is 72.9 Å². The van der Waals surface area contributed by atoms with Gasteiger partial charge in [-0.15, -0.1) is 0 Å². The molecule has 4 heterocycles. The van der Waals surface area contributed by atoms with Crippen molar-refractivity contribution in [2.45, 2.75) is 94.7 Å². The van der Waals surface area contributed by atoms with Crippen LogP contribution in [0.2, 0.25) is 0 Å². The predicted molar refractivity (Wildman–Crippen MR) is 228 cm³/mol. The van der Waals surface area contributed by atoms with Crippen LogP contribution in [0.1, 0.15) is 73.6 Å². The van der Waals surface area contributed by atoms with Crippen molar-refractivity contribution >= 4 is 52.9 Å². The van der Waals surface area contributed by atoms with E-state index in [0.717, 1.165) is 5.69 Å². The number of carbonyl (C=O) groups is 8. The molecule has 2 aromatic carbocycles. The Morgan fingerprint density at radius 2 is 1.57 bits per heavy atom. The number of likely N-dealkylation sites (N-methyl/N-ethyl adjacent to an activating group) is 1. The van der Waals surface area contributed by atoms with Gasteiger partial charge < -0.3 is 45.4 Å². The number of rotatable bonds is 7. The van der Waals surface area contributed by atoms with Crippen LogP contribution in [-0.4, -0.2) is 143 Å². The van der Waals surface area contributed by atoms with E-state index >= 15 is 0 Å². The summed E-state index contributed by atoms with van der Waals surface area (Å²) in [7, 11) is 5.25. The van der Waals surface area contributed by atoms with Crippen LogP contribution in [-0.2, 0) is 44.7 Å². The highest BCUT2D eigenvalue weighted by molar-refractivity contribution is 6.01. The number of piperidine rings is 1. The number of nitrogens with zero attached hydrogens (tertiary/aromatic N) is 5. The van der Waals surface area contributed by atoms with Gasteiger partial charge in [-0.25, -0.2) is 9.78 Å². The number of aromatic hydroxyl groups is 1. The second-order valence-electron chi connectivity index (χ2n) is 16.2. The lowest BCUT2D eigenvalue weighted by molar-refractivity contribution is -0.156. The molecule has 3 aliphatic heterocycles. The lowest BCUT2D eigenvalue weighted by atomic mass is 9.95. The fraction of sp³-hybridized carbons (Fsp3) is 0.444. The summed E-state index contributed by atoms with van der Waals surface area (Å²) in [5.74, 6) is -6.33. The molecule has 0 aliphatic carbocycles.